The minimum Gasteiger partial charge on any atom is -0.273 e. The van der Waals surface area contributed by atoms with Crippen molar-refractivity contribution >= 4 is 29.2 Å². The molecule has 3 aromatic carbocycles. The van der Waals surface area contributed by atoms with Gasteiger partial charge < -0.3 is 0 Å². The highest BCUT2D eigenvalue weighted by molar-refractivity contribution is 5.87. The largest absolute Gasteiger partial charge is 0.321 e. The molecule has 0 aliphatic carbocycles. The fourth-order valence-corrected chi connectivity index (χ4v) is 2.16. The molecule has 3 heteroatoms. The third-order valence-corrected chi connectivity index (χ3v) is 3.23. The summed E-state index contributed by atoms with van der Waals surface area (Å²) in [6.07, 6.45) is 1.96. The van der Waals surface area contributed by atoms with Crippen molar-refractivity contribution in [2.75, 3.05) is 4.90 Å². The first-order valence-corrected chi connectivity index (χ1v) is 6.96. The number of nitrogens with zero attached hydrogens (tertiary/aromatic N) is 2. The Morgan fingerprint density at radius 2 is 1.14 bits per heavy atom. The number of amides is 1. The second-order valence-corrected chi connectivity index (χ2v) is 4.73. The van der Waals surface area contributed by atoms with Gasteiger partial charge >= 0.3 is 6.41 Å². The van der Waals surface area contributed by atoms with E-state index in [0.717, 1.165) is 22.7 Å². The molecule has 1 amide bonds. The van der Waals surface area contributed by atoms with Gasteiger partial charge in [0.15, 0.2) is 0 Å². The lowest BCUT2D eigenvalue weighted by molar-refractivity contribution is 0.556. The molecule has 106 valence electrons. The highest BCUT2D eigenvalue weighted by atomic mass is 16.1. The minimum atomic E-state index is 0.758. The minimum absolute atomic E-state index is 0.758. The number of rotatable bonds is 5. The van der Waals surface area contributed by atoms with Crippen molar-refractivity contribution in [2.45, 2.75) is 0 Å². The van der Waals surface area contributed by atoms with E-state index >= 15 is 0 Å². The Labute approximate surface area is 129 Å². The molecule has 3 nitrogen and oxygen atoms in total. The number of anilines is 2. The maximum atomic E-state index is 11.3. The molecule has 0 fully saturated rings. The Bertz CT molecular complexity index is 724. The maximum Gasteiger partial charge on any atom is 0.321 e. The van der Waals surface area contributed by atoms with E-state index in [1.807, 2.05) is 91.3 Å². The van der Waals surface area contributed by atoms with Crippen LogP contribution in [0.5, 0.6) is 0 Å². The van der Waals surface area contributed by atoms with Crippen LogP contribution in [0.1, 0.15) is 0 Å². The predicted octanol–water partition coefficient (Wildman–Crippen LogP) is 4.46. The van der Waals surface area contributed by atoms with Gasteiger partial charge in [0.05, 0.1) is 11.4 Å². The zero-order valence-corrected chi connectivity index (χ0v) is 11.9. The molecule has 0 bridgehead atoms. The van der Waals surface area contributed by atoms with Gasteiger partial charge in [0, 0.05) is 11.4 Å². The van der Waals surface area contributed by atoms with E-state index in [9.17, 15) is 4.79 Å². The van der Waals surface area contributed by atoms with Gasteiger partial charge in [-0.15, -0.1) is 0 Å². The summed E-state index contributed by atoms with van der Waals surface area (Å²) in [6, 6.07) is 26.7. The van der Waals surface area contributed by atoms with Crippen molar-refractivity contribution in [1.82, 2.24) is 5.32 Å². The first-order valence-electron chi connectivity index (χ1n) is 6.96. The fourth-order valence-electron chi connectivity index (χ4n) is 2.16. The van der Waals surface area contributed by atoms with E-state index in [4.69, 9.17) is 0 Å². The second-order valence-electron chi connectivity index (χ2n) is 4.73. The van der Waals surface area contributed by atoms with Gasteiger partial charge in [-0.25, -0.2) is 5.32 Å². The molecule has 22 heavy (non-hydrogen) atoms. The van der Waals surface area contributed by atoms with Crippen LogP contribution >= 0.6 is 0 Å². The summed E-state index contributed by atoms with van der Waals surface area (Å²) in [7, 11) is 0. The zero-order valence-electron chi connectivity index (χ0n) is 11.9. The molecule has 3 rings (SSSR count). The third kappa shape index (κ3) is 3.15. The first-order chi connectivity index (χ1) is 10.9. The van der Waals surface area contributed by atoms with Crippen molar-refractivity contribution in [3.05, 3.63) is 84.9 Å². The molecule has 0 saturated heterocycles. The number of para-hydroxylation sites is 2. The summed E-state index contributed by atoms with van der Waals surface area (Å²) in [5.74, 6) is 0. The monoisotopic (exact) mass is 286 g/mol. The maximum absolute atomic E-state index is 11.3. The Morgan fingerprint density at radius 1 is 0.636 bits per heavy atom. The lowest BCUT2D eigenvalue weighted by Crippen LogP contribution is -2.13. The van der Waals surface area contributed by atoms with Crippen LogP contribution < -0.4 is 10.2 Å². The number of carbonyl (C=O) groups excluding carboxylic acids is 1. The average Bonchev–Trinajstić information content (AvgIpc) is 2.59. The van der Waals surface area contributed by atoms with Crippen LogP contribution in [0.25, 0.3) is 0 Å². The SMILES string of the molecule is O=[C]N(c1ccccc1)c1ccc([N]c2ccccc2)cc1. The summed E-state index contributed by atoms with van der Waals surface area (Å²) in [4.78, 5) is 12.7. The molecular weight excluding hydrogens is 272 g/mol. The Morgan fingerprint density at radius 3 is 1.73 bits per heavy atom. The number of hydrogen-bond acceptors (Lipinski definition) is 1. The van der Waals surface area contributed by atoms with Gasteiger partial charge in [-0.05, 0) is 48.5 Å². The molecule has 0 atom stereocenters. The Hall–Kier alpha value is -3.07. The van der Waals surface area contributed by atoms with Gasteiger partial charge in [-0.3, -0.25) is 9.69 Å². The summed E-state index contributed by atoms with van der Waals surface area (Å²) < 4.78 is 0. The molecule has 2 radical (unpaired) electrons. The van der Waals surface area contributed by atoms with Crippen LogP contribution in [0.4, 0.5) is 22.7 Å². The van der Waals surface area contributed by atoms with Crippen LogP contribution in [-0.2, 0) is 4.79 Å². The smallest absolute Gasteiger partial charge is 0.273 e. The lowest BCUT2D eigenvalue weighted by atomic mass is 10.2. The van der Waals surface area contributed by atoms with E-state index in [0.29, 0.717) is 0 Å². The van der Waals surface area contributed by atoms with Crippen LogP contribution in [-0.4, -0.2) is 6.41 Å². The molecule has 0 aromatic heterocycles. The number of hydrogen-bond donors (Lipinski definition) is 0. The van der Waals surface area contributed by atoms with Crippen molar-refractivity contribution in [3.63, 3.8) is 0 Å². The van der Waals surface area contributed by atoms with Crippen molar-refractivity contribution in [3.8, 4) is 0 Å². The lowest BCUT2D eigenvalue weighted by Gasteiger charge is -2.16. The molecular formula is C19H14N2O. The van der Waals surface area contributed by atoms with E-state index in [1.165, 1.54) is 4.90 Å². The van der Waals surface area contributed by atoms with Crippen LogP contribution in [0, 0.1) is 0 Å². The van der Waals surface area contributed by atoms with Crippen LogP contribution in [0.15, 0.2) is 84.9 Å². The topological polar surface area (TPSA) is 34.4 Å². The molecule has 0 spiro atoms. The molecule has 0 unspecified atom stereocenters. The first kappa shape index (κ1) is 13.9. The van der Waals surface area contributed by atoms with Gasteiger partial charge in [-0.2, -0.15) is 0 Å². The average molecular weight is 286 g/mol. The Balaban J connectivity index is 1.80. The fraction of sp³-hybridized carbons (Fsp3) is 0. The summed E-state index contributed by atoms with van der Waals surface area (Å²) >= 11 is 0. The van der Waals surface area contributed by atoms with Crippen molar-refractivity contribution < 1.29 is 4.79 Å². The number of benzene rings is 3. The van der Waals surface area contributed by atoms with Crippen LogP contribution in [0.2, 0.25) is 0 Å². The standard InChI is InChI=1S/C19H14N2O/c22-15-21(18-9-5-2-6-10-18)19-13-11-17(12-14-19)20-16-7-3-1-4-8-16/h1-14H. The quantitative estimate of drug-likeness (QED) is 0.638. The van der Waals surface area contributed by atoms with Gasteiger partial charge in [0.25, 0.3) is 0 Å². The highest BCUT2D eigenvalue weighted by Crippen LogP contribution is 2.26. The molecule has 0 aliphatic rings. The molecule has 0 aliphatic heterocycles. The van der Waals surface area contributed by atoms with Gasteiger partial charge in [0.1, 0.15) is 0 Å². The van der Waals surface area contributed by atoms with Crippen molar-refractivity contribution in [2.24, 2.45) is 0 Å². The van der Waals surface area contributed by atoms with Crippen molar-refractivity contribution in [1.29, 1.82) is 0 Å². The molecule has 0 heterocycles. The summed E-state index contributed by atoms with van der Waals surface area (Å²) in [5.41, 5.74) is 3.28. The highest BCUT2D eigenvalue weighted by Gasteiger charge is 2.08. The van der Waals surface area contributed by atoms with E-state index in [-0.39, 0.29) is 0 Å². The second kappa shape index (κ2) is 6.59. The third-order valence-electron chi connectivity index (χ3n) is 3.23. The summed E-state index contributed by atoms with van der Waals surface area (Å²) in [6.45, 7) is 0. The molecule has 0 saturated carbocycles. The molecule has 0 N–H and O–H groups in total. The van der Waals surface area contributed by atoms with Gasteiger partial charge in [0.2, 0.25) is 0 Å². The normalized spacial score (nSPS) is 10.0. The molecule has 3 aromatic rings. The van der Waals surface area contributed by atoms with Crippen LogP contribution in [0.3, 0.4) is 0 Å². The van der Waals surface area contributed by atoms with Gasteiger partial charge in [-0.1, -0.05) is 36.4 Å². The zero-order chi connectivity index (χ0) is 15.2. The summed E-state index contributed by atoms with van der Waals surface area (Å²) in [5, 5.41) is 4.52. The Kier molecular flexibility index (Phi) is 4.16. The van der Waals surface area contributed by atoms with E-state index < -0.39 is 0 Å². The van der Waals surface area contributed by atoms with E-state index in [1.54, 1.807) is 0 Å². The predicted molar refractivity (Wildman–Crippen MR) is 88.6 cm³/mol. The van der Waals surface area contributed by atoms with E-state index in [2.05, 4.69) is 5.32 Å².